The number of hydrogen-bond donors (Lipinski definition) is 4. The fourth-order valence-corrected chi connectivity index (χ4v) is 0. The molecule has 9 heteroatoms. The zero-order chi connectivity index (χ0) is 11.4. The normalized spacial score (nSPS) is 5.13. The van der Waals surface area contributed by atoms with Crippen molar-refractivity contribution in [1.82, 2.24) is 6.15 Å². The second kappa shape index (κ2) is 22.8. The van der Waals surface area contributed by atoms with E-state index in [1.54, 1.807) is 0 Å². The monoisotopic (exact) mass is 264 g/mol. The largest absolute Gasteiger partial charge is 0.481 e. The maximum Gasteiger partial charge on any atom is 0.408 e. The van der Waals surface area contributed by atoms with Crippen LogP contribution in [0.4, 0.5) is 0 Å². The molecule has 0 radical (unpaired) electrons. The second-order valence-corrected chi connectivity index (χ2v) is 1.45. The summed E-state index contributed by atoms with van der Waals surface area (Å²) < 4.78 is 0. The summed E-state index contributed by atoms with van der Waals surface area (Å²) in [4.78, 5) is 27.0. The van der Waals surface area contributed by atoms with Crippen molar-refractivity contribution in [1.29, 1.82) is 5.26 Å². The van der Waals surface area contributed by atoms with Crippen LogP contribution < -0.4 is 6.15 Å². The van der Waals surface area contributed by atoms with E-state index in [0.717, 1.165) is 19.9 Å². The number of nitriles is 1. The van der Waals surface area contributed by atoms with Crippen molar-refractivity contribution >= 4 is 17.9 Å². The topological polar surface area (TPSA) is 171 Å². The van der Waals surface area contributed by atoms with Crippen LogP contribution in [0, 0.1) is 11.3 Å². The standard InChI is InChI=1S/C2HNO2.2C2H4O2.Fe.H3N/c3-1-2(4)5;2*1-2(3)4;;/h(H,4,5);2*1H3,(H,3,4);;1H3. The van der Waals surface area contributed by atoms with Gasteiger partial charge in [0.1, 0.15) is 0 Å². The van der Waals surface area contributed by atoms with Crippen LogP contribution in [0.15, 0.2) is 0 Å². The zero-order valence-electron chi connectivity index (χ0n) is 8.07. The van der Waals surface area contributed by atoms with Crippen molar-refractivity contribution in [2.45, 2.75) is 13.8 Å². The van der Waals surface area contributed by atoms with Crippen LogP contribution in [0.5, 0.6) is 0 Å². The number of rotatable bonds is 0. The van der Waals surface area contributed by atoms with Crippen LogP contribution in [-0.2, 0) is 31.5 Å². The van der Waals surface area contributed by atoms with Gasteiger partial charge in [0.2, 0.25) is 0 Å². The van der Waals surface area contributed by atoms with Crippen molar-refractivity contribution in [3.63, 3.8) is 0 Å². The molecule has 0 spiro atoms. The number of aliphatic carboxylic acids is 3. The predicted octanol–water partition coefficient (Wildman–Crippen LogP) is -0.0641. The SMILES string of the molecule is CC(=O)O.CC(=O)O.N.N#CC(=O)O.[Fe]. The molecule has 0 atom stereocenters. The molecule has 0 bridgehead atoms. The van der Waals surface area contributed by atoms with Crippen molar-refractivity contribution in [2.75, 3.05) is 0 Å². The second-order valence-electron chi connectivity index (χ2n) is 1.45. The number of carbonyl (C=O) groups is 3. The van der Waals surface area contributed by atoms with E-state index < -0.39 is 17.9 Å². The first-order valence-electron chi connectivity index (χ1n) is 2.76. The van der Waals surface area contributed by atoms with Gasteiger partial charge in [0, 0.05) is 30.9 Å². The third-order valence-electron chi connectivity index (χ3n) is 0.0956. The molecule has 0 unspecified atom stereocenters. The first kappa shape index (κ1) is 29.2. The molecule has 90 valence electrons. The van der Waals surface area contributed by atoms with Crippen LogP contribution in [-0.4, -0.2) is 33.2 Å². The van der Waals surface area contributed by atoms with Crippen LogP contribution in [0.3, 0.4) is 0 Å². The average Bonchev–Trinajstić information content (AvgIpc) is 1.84. The van der Waals surface area contributed by atoms with Crippen molar-refractivity contribution in [3.8, 4) is 6.07 Å². The van der Waals surface area contributed by atoms with Crippen LogP contribution in [0.2, 0.25) is 0 Å². The van der Waals surface area contributed by atoms with Gasteiger partial charge in [-0.25, -0.2) is 4.79 Å². The fourth-order valence-electron chi connectivity index (χ4n) is 0. The molecule has 0 saturated heterocycles. The Morgan fingerprint density at radius 3 is 1.07 bits per heavy atom. The molecule has 8 nitrogen and oxygen atoms in total. The third kappa shape index (κ3) is 9260. The smallest absolute Gasteiger partial charge is 0.408 e. The molecule has 0 rings (SSSR count). The Morgan fingerprint density at radius 2 is 1.07 bits per heavy atom. The summed E-state index contributed by atoms with van der Waals surface area (Å²) in [6.45, 7) is 2.17. The molecular formula is C6H12FeN2O6. The summed E-state index contributed by atoms with van der Waals surface area (Å²) >= 11 is 0. The summed E-state index contributed by atoms with van der Waals surface area (Å²) in [5.41, 5.74) is 0. The summed E-state index contributed by atoms with van der Waals surface area (Å²) in [7, 11) is 0. The number of hydrogen-bond acceptors (Lipinski definition) is 5. The minimum absolute atomic E-state index is 0. The van der Waals surface area contributed by atoms with E-state index in [-0.39, 0.29) is 23.2 Å². The Hall–Kier alpha value is -1.62. The molecule has 0 aliphatic carbocycles. The summed E-state index contributed by atoms with van der Waals surface area (Å²) in [5, 5.41) is 29.5. The molecule has 15 heavy (non-hydrogen) atoms. The molecule has 6 N–H and O–H groups in total. The minimum Gasteiger partial charge on any atom is -0.481 e. The van der Waals surface area contributed by atoms with Gasteiger partial charge < -0.3 is 21.5 Å². The number of carboxylic acid groups (broad SMARTS) is 3. The van der Waals surface area contributed by atoms with Gasteiger partial charge in [0.25, 0.3) is 11.9 Å². The van der Waals surface area contributed by atoms with Gasteiger partial charge in [-0.2, -0.15) is 5.26 Å². The molecule has 0 aromatic carbocycles. The molecule has 0 fully saturated rings. The van der Waals surface area contributed by atoms with Crippen LogP contribution in [0.1, 0.15) is 13.8 Å². The van der Waals surface area contributed by atoms with Crippen molar-refractivity contribution < 1.29 is 46.8 Å². The van der Waals surface area contributed by atoms with Crippen molar-refractivity contribution in [3.05, 3.63) is 0 Å². The molecule has 0 aromatic heterocycles. The quantitative estimate of drug-likeness (QED) is 0.267. The van der Waals surface area contributed by atoms with Gasteiger partial charge >= 0.3 is 5.97 Å². The summed E-state index contributed by atoms with van der Waals surface area (Å²) in [6.07, 6.45) is 0. The number of carboxylic acids is 3. The summed E-state index contributed by atoms with van der Waals surface area (Å²) in [6, 6.07) is 0.944. The van der Waals surface area contributed by atoms with E-state index >= 15 is 0 Å². The van der Waals surface area contributed by atoms with Crippen LogP contribution in [0.25, 0.3) is 0 Å². The van der Waals surface area contributed by atoms with Gasteiger partial charge in [0.05, 0.1) is 0 Å². The Labute approximate surface area is 96.6 Å². The van der Waals surface area contributed by atoms with Gasteiger partial charge in [-0.05, 0) is 0 Å². The Kier molecular flexibility index (Phi) is 44.4. The maximum absolute atomic E-state index is 9.01. The number of nitrogens with zero attached hydrogens (tertiary/aromatic N) is 1. The molecule has 0 saturated carbocycles. The van der Waals surface area contributed by atoms with Gasteiger partial charge in [0.15, 0.2) is 6.07 Å². The van der Waals surface area contributed by atoms with Crippen LogP contribution >= 0.6 is 0 Å². The van der Waals surface area contributed by atoms with E-state index in [9.17, 15) is 0 Å². The van der Waals surface area contributed by atoms with Gasteiger partial charge in [-0.3, -0.25) is 9.59 Å². The first-order valence-corrected chi connectivity index (χ1v) is 2.76. The maximum atomic E-state index is 9.01. The van der Waals surface area contributed by atoms with Crippen molar-refractivity contribution in [2.24, 2.45) is 0 Å². The molecular weight excluding hydrogens is 252 g/mol. The first-order chi connectivity index (χ1) is 5.73. The average molecular weight is 264 g/mol. The molecule has 0 aliphatic rings. The van der Waals surface area contributed by atoms with E-state index in [1.807, 2.05) is 0 Å². The van der Waals surface area contributed by atoms with E-state index in [2.05, 4.69) is 0 Å². The zero-order valence-corrected chi connectivity index (χ0v) is 9.18. The Balaban J connectivity index is -0.0000000315. The van der Waals surface area contributed by atoms with E-state index in [1.165, 1.54) is 0 Å². The van der Waals surface area contributed by atoms with E-state index in [0.29, 0.717) is 0 Å². The fraction of sp³-hybridized carbons (Fsp3) is 0.333. The molecule has 0 heterocycles. The summed E-state index contributed by atoms with van der Waals surface area (Å²) in [5.74, 6) is -3.11. The molecule has 0 aliphatic heterocycles. The molecule has 0 aromatic rings. The third-order valence-corrected chi connectivity index (χ3v) is 0.0956. The van der Waals surface area contributed by atoms with Gasteiger partial charge in [-0.15, -0.1) is 0 Å². The predicted molar refractivity (Wildman–Crippen MR) is 44.9 cm³/mol. The Bertz CT molecular complexity index is 204. The van der Waals surface area contributed by atoms with E-state index in [4.69, 9.17) is 35.0 Å². The Morgan fingerprint density at radius 1 is 1.00 bits per heavy atom. The molecule has 0 amide bonds. The minimum atomic E-state index is -1.44. The van der Waals surface area contributed by atoms with Gasteiger partial charge in [-0.1, -0.05) is 0 Å².